The monoisotopic (exact) mass is 507 g/mol. The predicted molar refractivity (Wildman–Crippen MR) is 130 cm³/mol. The number of para-hydroxylation sites is 3. The number of rotatable bonds is 7. The van der Waals surface area contributed by atoms with E-state index in [1.807, 2.05) is 38.4 Å². The minimum Gasteiger partial charge on any atom is -0.496 e. The molecule has 0 saturated heterocycles. The number of halogens is 1. The molecule has 0 atom stereocenters. The molecular weight excluding hydrogens is 477 g/mol. The fourth-order valence-electron chi connectivity index (χ4n) is 3.46. The first-order valence-electron chi connectivity index (χ1n) is 9.59. The SMILES string of the molecule is CN=C(NCCCn1c(C)nc2ccccc21)N(C)Cc1ccccc1OC.I. The van der Waals surface area contributed by atoms with Gasteiger partial charge in [-0.15, -0.1) is 24.0 Å². The van der Waals surface area contributed by atoms with E-state index in [0.29, 0.717) is 0 Å². The second kappa shape index (κ2) is 11.0. The maximum Gasteiger partial charge on any atom is 0.193 e. The Labute approximate surface area is 190 Å². The van der Waals surface area contributed by atoms with Gasteiger partial charge in [0.25, 0.3) is 0 Å². The van der Waals surface area contributed by atoms with Crippen LogP contribution in [0.5, 0.6) is 5.75 Å². The minimum atomic E-state index is 0. The van der Waals surface area contributed by atoms with Crippen molar-refractivity contribution in [2.75, 3.05) is 27.7 Å². The second-order valence-corrected chi connectivity index (χ2v) is 6.79. The first-order valence-corrected chi connectivity index (χ1v) is 9.59. The lowest BCUT2D eigenvalue weighted by atomic mass is 10.2. The van der Waals surface area contributed by atoms with Crippen LogP contribution in [-0.4, -0.2) is 48.2 Å². The highest BCUT2D eigenvalue weighted by Crippen LogP contribution is 2.19. The molecule has 29 heavy (non-hydrogen) atoms. The van der Waals surface area contributed by atoms with Crippen molar-refractivity contribution in [2.45, 2.75) is 26.4 Å². The van der Waals surface area contributed by atoms with E-state index in [4.69, 9.17) is 4.74 Å². The molecule has 156 valence electrons. The molecule has 0 bridgehead atoms. The average Bonchev–Trinajstić information content (AvgIpc) is 3.03. The zero-order chi connectivity index (χ0) is 19.9. The van der Waals surface area contributed by atoms with Crippen molar-refractivity contribution in [3.63, 3.8) is 0 Å². The number of hydrogen-bond donors (Lipinski definition) is 1. The van der Waals surface area contributed by atoms with Crippen LogP contribution in [-0.2, 0) is 13.1 Å². The van der Waals surface area contributed by atoms with Crippen LogP contribution in [0, 0.1) is 6.92 Å². The summed E-state index contributed by atoms with van der Waals surface area (Å²) in [6.07, 6.45) is 0.989. The lowest BCUT2D eigenvalue weighted by Gasteiger charge is -2.23. The smallest absolute Gasteiger partial charge is 0.193 e. The summed E-state index contributed by atoms with van der Waals surface area (Å²) in [6.45, 7) is 4.56. The van der Waals surface area contributed by atoms with Crippen LogP contribution in [0.3, 0.4) is 0 Å². The molecule has 0 amide bonds. The summed E-state index contributed by atoms with van der Waals surface area (Å²) in [5, 5.41) is 3.46. The van der Waals surface area contributed by atoms with Gasteiger partial charge in [0.05, 0.1) is 18.1 Å². The van der Waals surface area contributed by atoms with Gasteiger partial charge in [0, 0.05) is 39.3 Å². The van der Waals surface area contributed by atoms with Crippen LogP contribution in [0.4, 0.5) is 0 Å². The third kappa shape index (κ3) is 5.62. The van der Waals surface area contributed by atoms with Gasteiger partial charge in [0.15, 0.2) is 5.96 Å². The Morgan fingerprint density at radius 1 is 1.17 bits per heavy atom. The highest BCUT2D eigenvalue weighted by Gasteiger charge is 2.10. The van der Waals surface area contributed by atoms with E-state index in [1.165, 1.54) is 5.52 Å². The molecule has 6 nitrogen and oxygen atoms in total. The molecule has 0 spiro atoms. The molecule has 0 fully saturated rings. The number of benzene rings is 2. The number of aliphatic imine (C=N–C) groups is 1. The van der Waals surface area contributed by atoms with Crippen LogP contribution in [0.2, 0.25) is 0 Å². The van der Waals surface area contributed by atoms with Crippen molar-refractivity contribution in [2.24, 2.45) is 4.99 Å². The number of nitrogens with one attached hydrogen (secondary N) is 1. The molecule has 0 unspecified atom stereocenters. The third-order valence-electron chi connectivity index (χ3n) is 4.86. The van der Waals surface area contributed by atoms with Crippen LogP contribution < -0.4 is 10.1 Å². The lowest BCUT2D eigenvalue weighted by molar-refractivity contribution is 0.396. The molecule has 1 aromatic heterocycles. The molecular formula is C22H30IN5O. The third-order valence-corrected chi connectivity index (χ3v) is 4.86. The summed E-state index contributed by atoms with van der Waals surface area (Å²) >= 11 is 0. The zero-order valence-electron chi connectivity index (χ0n) is 17.6. The number of aromatic nitrogens is 2. The fraction of sp³-hybridized carbons (Fsp3) is 0.364. The van der Waals surface area contributed by atoms with E-state index in [9.17, 15) is 0 Å². The van der Waals surface area contributed by atoms with E-state index < -0.39 is 0 Å². The van der Waals surface area contributed by atoms with Gasteiger partial charge in [-0.05, 0) is 31.5 Å². The van der Waals surface area contributed by atoms with Gasteiger partial charge in [0.2, 0.25) is 0 Å². The van der Waals surface area contributed by atoms with Crippen molar-refractivity contribution in [1.29, 1.82) is 0 Å². The standard InChI is InChI=1S/C22H29N5O.HI/c1-17-25-19-11-6-7-12-20(19)27(17)15-9-14-24-22(23-2)26(3)16-18-10-5-8-13-21(18)28-4;/h5-8,10-13H,9,14-16H2,1-4H3,(H,23,24);1H. The Hall–Kier alpha value is -2.29. The van der Waals surface area contributed by atoms with Crippen LogP contribution in [0.25, 0.3) is 11.0 Å². The van der Waals surface area contributed by atoms with Gasteiger partial charge >= 0.3 is 0 Å². The molecule has 7 heteroatoms. The fourth-order valence-corrected chi connectivity index (χ4v) is 3.46. The molecule has 1 N–H and O–H groups in total. The molecule has 3 aromatic rings. The minimum absolute atomic E-state index is 0. The Kier molecular flexibility index (Phi) is 8.75. The highest BCUT2D eigenvalue weighted by molar-refractivity contribution is 14.0. The molecule has 0 aliphatic heterocycles. The summed E-state index contributed by atoms with van der Waals surface area (Å²) in [5.74, 6) is 2.82. The Morgan fingerprint density at radius 3 is 2.66 bits per heavy atom. The molecule has 0 saturated carbocycles. The number of imidazole rings is 1. The van der Waals surface area contributed by atoms with E-state index >= 15 is 0 Å². The summed E-state index contributed by atoms with van der Waals surface area (Å²) in [7, 11) is 5.55. The van der Waals surface area contributed by atoms with E-state index in [1.54, 1.807) is 7.11 Å². The molecule has 0 aliphatic rings. The number of methoxy groups -OCH3 is 1. The first-order chi connectivity index (χ1) is 13.6. The number of fused-ring (bicyclic) bond motifs is 1. The van der Waals surface area contributed by atoms with Gasteiger partial charge in [-0.3, -0.25) is 4.99 Å². The summed E-state index contributed by atoms with van der Waals surface area (Å²) in [6, 6.07) is 16.4. The maximum absolute atomic E-state index is 5.45. The van der Waals surface area contributed by atoms with Gasteiger partial charge in [-0.1, -0.05) is 30.3 Å². The summed E-state index contributed by atoms with van der Waals surface area (Å²) in [4.78, 5) is 11.2. The van der Waals surface area contributed by atoms with E-state index in [2.05, 4.69) is 55.9 Å². The quantitative estimate of drug-likeness (QED) is 0.227. The number of nitrogens with zero attached hydrogens (tertiary/aromatic N) is 4. The summed E-state index contributed by atoms with van der Waals surface area (Å²) < 4.78 is 7.73. The van der Waals surface area contributed by atoms with E-state index in [-0.39, 0.29) is 24.0 Å². The van der Waals surface area contributed by atoms with Crippen molar-refractivity contribution in [3.8, 4) is 5.75 Å². The van der Waals surface area contributed by atoms with Crippen LogP contribution >= 0.6 is 24.0 Å². The Bertz CT molecular complexity index is 953. The van der Waals surface area contributed by atoms with Crippen molar-refractivity contribution in [1.82, 2.24) is 19.8 Å². The van der Waals surface area contributed by atoms with Gasteiger partial charge in [-0.2, -0.15) is 0 Å². The zero-order valence-corrected chi connectivity index (χ0v) is 19.9. The Balaban J connectivity index is 0.00000300. The largest absolute Gasteiger partial charge is 0.496 e. The van der Waals surface area contributed by atoms with Crippen LogP contribution in [0.1, 0.15) is 17.8 Å². The topological polar surface area (TPSA) is 54.7 Å². The molecule has 0 radical (unpaired) electrons. The number of hydrogen-bond acceptors (Lipinski definition) is 3. The van der Waals surface area contributed by atoms with Gasteiger partial charge in [-0.25, -0.2) is 4.98 Å². The Morgan fingerprint density at radius 2 is 1.90 bits per heavy atom. The lowest BCUT2D eigenvalue weighted by Crippen LogP contribution is -2.39. The highest BCUT2D eigenvalue weighted by atomic mass is 127. The summed E-state index contributed by atoms with van der Waals surface area (Å²) in [5.41, 5.74) is 3.38. The predicted octanol–water partition coefficient (Wildman–Crippen LogP) is 4.07. The number of ether oxygens (including phenoxy) is 1. The van der Waals surface area contributed by atoms with E-state index in [0.717, 1.165) is 54.7 Å². The van der Waals surface area contributed by atoms with Crippen molar-refractivity contribution < 1.29 is 4.74 Å². The van der Waals surface area contributed by atoms with Gasteiger partial charge in [0.1, 0.15) is 11.6 Å². The van der Waals surface area contributed by atoms with Crippen molar-refractivity contribution >= 4 is 41.0 Å². The average molecular weight is 507 g/mol. The van der Waals surface area contributed by atoms with Crippen molar-refractivity contribution in [3.05, 3.63) is 59.9 Å². The molecule has 0 aliphatic carbocycles. The molecule has 1 heterocycles. The molecule has 3 rings (SSSR count). The first kappa shape index (κ1) is 23.0. The number of guanidine groups is 1. The number of aryl methyl sites for hydroxylation is 2. The van der Waals surface area contributed by atoms with Crippen LogP contribution in [0.15, 0.2) is 53.5 Å². The van der Waals surface area contributed by atoms with Gasteiger partial charge < -0.3 is 19.5 Å². The second-order valence-electron chi connectivity index (χ2n) is 6.79. The maximum atomic E-state index is 5.45. The normalized spacial score (nSPS) is 11.2. The molecule has 2 aromatic carbocycles.